The Morgan fingerprint density at radius 1 is 1.35 bits per heavy atom. The lowest BCUT2D eigenvalue weighted by molar-refractivity contribution is 0.0693. The molecule has 0 unspecified atom stereocenters. The number of benzene rings is 1. The highest BCUT2D eigenvalue weighted by atomic mass is 16.4. The van der Waals surface area contributed by atoms with E-state index in [9.17, 15) is 4.79 Å². The Labute approximate surface area is 96.4 Å². The fraction of sp³-hybridized carbons (Fsp3) is 0.0833. The molecule has 0 saturated heterocycles. The van der Waals surface area contributed by atoms with E-state index < -0.39 is 5.97 Å². The van der Waals surface area contributed by atoms with Crippen molar-refractivity contribution in [3.63, 3.8) is 0 Å². The number of para-hydroxylation sites is 2. The van der Waals surface area contributed by atoms with E-state index >= 15 is 0 Å². The number of hydrogen-bond donors (Lipinski definition) is 1. The molecule has 17 heavy (non-hydrogen) atoms. The summed E-state index contributed by atoms with van der Waals surface area (Å²) in [5.74, 6) is -1.03. The molecule has 5 heteroatoms. The molecule has 3 aromatic rings. The Bertz CT molecular complexity index is 746. The maximum Gasteiger partial charge on any atom is 0.356 e. The molecule has 5 nitrogen and oxygen atoms in total. The van der Waals surface area contributed by atoms with Gasteiger partial charge in [-0.15, -0.1) is 0 Å². The standard InChI is InChI=1S/C12H9N3O2/c1-7-11-10(12(16)17)13-6-15(11)9-5-3-2-4-8(9)14-7/h2-6H,1H3,(H,16,17). The second kappa shape index (κ2) is 3.28. The van der Waals surface area contributed by atoms with Gasteiger partial charge in [0.2, 0.25) is 0 Å². The van der Waals surface area contributed by atoms with E-state index in [2.05, 4.69) is 9.97 Å². The highest BCUT2D eigenvalue weighted by Gasteiger charge is 2.16. The number of carboxylic acids is 1. The van der Waals surface area contributed by atoms with E-state index in [1.54, 1.807) is 11.3 Å². The Balaban J connectivity index is 2.56. The molecule has 0 spiro atoms. The lowest BCUT2D eigenvalue weighted by Crippen LogP contribution is -2.01. The monoisotopic (exact) mass is 227 g/mol. The summed E-state index contributed by atoms with van der Waals surface area (Å²) >= 11 is 0. The average Bonchev–Trinajstić information content (AvgIpc) is 2.74. The van der Waals surface area contributed by atoms with Crippen molar-refractivity contribution >= 4 is 22.5 Å². The number of nitrogens with zero attached hydrogens (tertiary/aromatic N) is 3. The molecule has 0 aliphatic rings. The number of carboxylic acid groups (broad SMARTS) is 1. The first-order valence-corrected chi connectivity index (χ1v) is 5.14. The van der Waals surface area contributed by atoms with Crippen LogP contribution in [-0.4, -0.2) is 25.4 Å². The number of imidazole rings is 1. The molecule has 0 fully saturated rings. The van der Waals surface area contributed by atoms with Crippen molar-refractivity contribution in [1.29, 1.82) is 0 Å². The first kappa shape index (κ1) is 9.77. The molecule has 0 atom stereocenters. The van der Waals surface area contributed by atoms with E-state index in [0.717, 1.165) is 11.0 Å². The van der Waals surface area contributed by atoms with E-state index in [1.807, 2.05) is 24.3 Å². The van der Waals surface area contributed by atoms with Gasteiger partial charge >= 0.3 is 5.97 Å². The summed E-state index contributed by atoms with van der Waals surface area (Å²) < 4.78 is 1.76. The van der Waals surface area contributed by atoms with Crippen molar-refractivity contribution in [2.75, 3.05) is 0 Å². The molecule has 2 aromatic heterocycles. The summed E-state index contributed by atoms with van der Waals surface area (Å²) in [7, 11) is 0. The molecule has 0 bridgehead atoms. The number of aryl methyl sites for hydroxylation is 1. The van der Waals surface area contributed by atoms with Gasteiger partial charge in [-0.25, -0.2) is 14.8 Å². The molecule has 0 radical (unpaired) electrons. The molecule has 0 saturated carbocycles. The molecule has 0 aliphatic carbocycles. The summed E-state index contributed by atoms with van der Waals surface area (Å²) in [6.45, 7) is 1.79. The number of carbonyl (C=O) groups is 1. The topological polar surface area (TPSA) is 67.5 Å². The fourth-order valence-corrected chi connectivity index (χ4v) is 2.03. The third kappa shape index (κ3) is 1.29. The fourth-order valence-electron chi connectivity index (χ4n) is 2.03. The van der Waals surface area contributed by atoms with Crippen molar-refractivity contribution in [2.45, 2.75) is 6.92 Å². The number of fused-ring (bicyclic) bond motifs is 3. The van der Waals surface area contributed by atoms with Crippen molar-refractivity contribution in [3.8, 4) is 0 Å². The molecule has 1 N–H and O–H groups in total. The van der Waals surface area contributed by atoms with Crippen LogP contribution >= 0.6 is 0 Å². The SMILES string of the molecule is Cc1nc2ccccc2n2cnc(C(=O)O)c12. The predicted octanol–water partition coefficient (Wildman–Crippen LogP) is 1.89. The summed E-state index contributed by atoms with van der Waals surface area (Å²) in [4.78, 5) is 19.4. The Kier molecular flexibility index (Phi) is 1.89. The van der Waals surface area contributed by atoms with Crippen LogP contribution in [0.1, 0.15) is 16.2 Å². The summed E-state index contributed by atoms with van der Waals surface area (Å²) in [5, 5.41) is 9.06. The van der Waals surface area contributed by atoms with Crippen molar-refractivity contribution in [1.82, 2.24) is 14.4 Å². The minimum Gasteiger partial charge on any atom is -0.476 e. The average molecular weight is 227 g/mol. The summed E-state index contributed by atoms with van der Waals surface area (Å²) in [5.41, 5.74) is 2.94. The van der Waals surface area contributed by atoms with E-state index in [1.165, 1.54) is 6.33 Å². The molecule has 84 valence electrons. The first-order valence-electron chi connectivity index (χ1n) is 5.14. The number of rotatable bonds is 1. The smallest absolute Gasteiger partial charge is 0.356 e. The maximum atomic E-state index is 11.1. The van der Waals surface area contributed by atoms with E-state index in [0.29, 0.717) is 11.2 Å². The lowest BCUT2D eigenvalue weighted by Gasteiger charge is -2.04. The Hall–Kier alpha value is -2.43. The van der Waals surface area contributed by atoms with E-state index in [4.69, 9.17) is 5.11 Å². The normalized spacial score (nSPS) is 11.1. The van der Waals surface area contributed by atoms with Crippen LogP contribution in [-0.2, 0) is 0 Å². The zero-order valence-corrected chi connectivity index (χ0v) is 9.08. The van der Waals surface area contributed by atoms with Gasteiger partial charge in [-0.3, -0.25) is 4.40 Å². The molecule has 2 heterocycles. The molecule has 0 amide bonds. The zero-order chi connectivity index (χ0) is 12.0. The van der Waals surface area contributed by atoms with Gasteiger partial charge in [0.05, 0.1) is 16.7 Å². The summed E-state index contributed by atoms with van der Waals surface area (Å²) in [6.07, 6.45) is 1.52. The highest BCUT2D eigenvalue weighted by molar-refractivity contribution is 5.96. The van der Waals surface area contributed by atoms with Crippen LogP contribution < -0.4 is 0 Å². The third-order valence-corrected chi connectivity index (χ3v) is 2.74. The van der Waals surface area contributed by atoms with Crippen LogP contribution in [0.2, 0.25) is 0 Å². The Morgan fingerprint density at radius 2 is 2.12 bits per heavy atom. The molecule has 0 aliphatic heterocycles. The van der Waals surface area contributed by atoms with Gasteiger partial charge in [0.15, 0.2) is 5.69 Å². The molecular formula is C12H9N3O2. The minimum absolute atomic E-state index is 0.0424. The van der Waals surface area contributed by atoms with Crippen molar-refractivity contribution in [2.24, 2.45) is 0 Å². The quantitative estimate of drug-likeness (QED) is 0.689. The van der Waals surface area contributed by atoms with Crippen LogP contribution in [0.4, 0.5) is 0 Å². The number of aromatic carboxylic acids is 1. The minimum atomic E-state index is -1.03. The van der Waals surface area contributed by atoms with Gasteiger partial charge in [0, 0.05) is 0 Å². The summed E-state index contributed by atoms with van der Waals surface area (Å²) in [6, 6.07) is 7.57. The van der Waals surface area contributed by atoms with Crippen LogP contribution in [0.15, 0.2) is 30.6 Å². The predicted molar refractivity (Wildman–Crippen MR) is 62.2 cm³/mol. The largest absolute Gasteiger partial charge is 0.476 e. The van der Waals surface area contributed by atoms with Gasteiger partial charge in [-0.1, -0.05) is 12.1 Å². The van der Waals surface area contributed by atoms with Gasteiger partial charge < -0.3 is 5.11 Å². The third-order valence-electron chi connectivity index (χ3n) is 2.74. The van der Waals surface area contributed by atoms with Gasteiger partial charge in [-0.05, 0) is 19.1 Å². The van der Waals surface area contributed by atoms with Crippen LogP contribution in [0.3, 0.4) is 0 Å². The Morgan fingerprint density at radius 3 is 2.88 bits per heavy atom. The van der Waals surface area contributed by atoms with Crippen LogP contribution in [0.25, 0.3) is 16.6 Å². The second-order valence-corrected chi connectivity index (χ2v) is 3.80. The van der Waals surface area contributed by atoms with Gasteiger partial charge in [-0.2, -0.15) is 0 Å². The second-order valence-electron chi connectivity index (χ2n) is 3.80. The molecule has 3 rings (SSSR count). The molecule has 1 aromatic carbocycles. The van der Waals surface area contributed by atoms with Crippen LogP contribution in [0, 0.1) is 6.92 Å². The van der Waals surface area contributed by atoms with Crippen molar-refractivity contribution < 1.29 is 9.90 Å². The van der Waals surface area contributed by atoms with Crippen LogP contribution in [0.5, 0.6) is 0 Å². The first-order chi connectivity index (χ1) is 8.18. The number of aromatic nitrogens is 3. The van der Waals surface area contributed by atoms with Gasteiger partial charge in [0.25, 0.3) is 0 Å². The van der Waals surface area contributed by atoms with E-state index in [-0.39, 0.29) is 5.69 Å². The van der Waals surface area contributed by atoms with Crippen molar-refractivity contribution in [3.05, 3.63) is 42.0 Å². The molecular weight excluding hydrogens is 218 g/mol. The maximum absolute atomic E-state index is 11.1. The zero-order valence-electron chi connectivity index (χ0n) is 9.08. The highest BCUT2D eigenvalue weighted by Crippen LogP contribution is 2.20. The lowest BCUT2D eigenvalue weighted by atomic mass is 10.2. The van der Waals surface area contributed by atoms with Gasteiger partial charge in [0.1, 0.15) is 11.8 Å². The number of hydrogen-bond acceptors (Lipinski definition) is 3.